The minimum absolute atomic E-state index is 0.128. The van der Waals surface area contributed by atoms with Gasteiger partial charge in [-0.3, -0.25) is 4.79 Å². The maximum absolute atomic E-state index is 12.7. The normalized spacial score (nSPS) is 15.3. The van der Waals surface area contributed by atoms with Crippen molar-refractivity contribution in [2.24, 2.45) is 0 Å². The molecule has 1 atom stereocenters. The second-order valence-corrected chi connectivity index (χ2v) is 6.68. The van der Waals surface area contributed by atoms with Gasteiger partial charge in [0, 0.05) is 22.5 Å². The molecule has 1 aliphatic heterocycles. The smallest absolute Gasteiger partial charge is 0.257 e. The van der Waals surface area contributed by atoms with Crippen LogP contribution in [0, 0.1) is 0 Å². The quantitative estimate of drug-likeness (QED) is 0.798. The molecule has 1 N–H and O–H groups in total. The van der Waals surface area contributed by atoms with E-state index in [1.807, 2.05) is 26.0 Å². The van der Waals surface area contributed by atoms with Crippen LogP contribution in [0.15, 0.2) is 34.8 Å². The summed E-state index contributed by atoms with van der Waals surface area (Å²) >= 11 is 3.41. The minimum atomic E-state index is -0.252. The van der Waals surface area contributed by atoms with Gasteiger partial charge in [-0.05, 0) is 54.0 Å². The molecule has 132 valence electrons. The maximum Gasteiger partial charge on any atom is 0.257 e. The molecule has 1 heterocycles. The summed E-state index contributed by atoms with van der Waals surface area (Å²) in [4.78, 5) is 12.7. The zero-order chi connectivity index (χ0) is 18.0. The monoisotopic (exact) mass is 405 g/mol. The highest BCUT2D eigenvalue weighted by Gasteiger charge is 2.23. The Balaban J connectivity index is 1.92. The molecule has 0 fully saturated rings. The van der Waals surface area contributed by atoms with Crippen LogP contribution >= 0.6 is 15.9 Å². The molecule has 0 radical (unpaired) electrons. The lowest BCUT2D eigenvalue weighted by Crippen LogP contribution is -2.14. The van der Waals surface area contributed by atoms with Crippen LogP contribution in [0.4, 0.5) is 5.69 Å². The average Bonchev–Trinajstić information content (AvgIpc) is 2.94. The molecule has 1 aliphatic rings. The highest BCUT2D eigenvalue weighted by atomic mass is 79.9. The number of hydrogen-bond acceptors (Lipinski definition) is 4. The third-order valence-electron chi connectivity index (χ3n) is 3.96. The van der Waals surface area contributed by atoms with Gasteiger partial charge >= 0.3 is 0 Å². The summed E-state index contributed by atoms with van der Waals surface area (Å²) in [5.74, 6) is 1.80. The first-order valence-corrected chi connectivity index (χ1v) is 8.92. The summed E-state index contributed by atoms with van der Waals surface area (Å²) < 4.78 is 17.4. The average molecular weight is 406 g/mol. The fourth-order valence-corrected chi connectivity index (χ4v) is 3.23. The van der Waals surface area contributed by atoms with Crippen molar-refractivity contribution in [2.45, 2.75) is 26.4 Å². The molecule has 1 unspecified atom stereocenters. The molecular formula is C19H20BrNO4. The van der Waals surface area contributed by atoms with Gasteiger partial charge in [-0.1, -0.05) is 0 Å². The molecule has 0 spiro atoms. The van der Waals surface area contributed by atoms with E-state index in [9.17, 15) is 4.79 Å². The molecule has 2 aromatic rings. The van der Waals surface area contributed by atoms with E-state index in [2.05, 4.69) is 21.2 Å². The van der Waals surface area contributed by atoms with Gasteiger partial charge in [-0.2, -0.15) is 0 Å². The third kappa shape index (κ3) is 3.74. The first kappa shape index (κ1) is 17.6. The molecule has 0 saturated carbocycles. The number of amides is 1. The summed E-state index contributed by atoms with van der Waals surface area (Å²) in [5.41, 5.74) is 2.17. The van der Waals surface area contributed by atoms with Gasteiger partial charge in [-0.25, -0.2) is 0 Å². The predicted molar refractivity (Wildman–Crippen MR) is 100 cm³/mol. The van der Waals surface area contributed by atoms with Gasteiger partial charge in [0.15, 0.2) is 0 Å². The topological polar surface area (TPSA) is 56.8 Å². The lowest BCUT2D eigenvalue weighted by Gasteiger charge is -2.14. The van der Waals surface area contributed by atoms with Gasteiger partial charge in [-0.15, -0.1) is 0 Å². The molecule has 5 nitrogen and oxygen atoms in total. The number of halogens is 1. The number of methoxy groups -OCH3 is 1. The molecule has 0 aliphatic carbocycles. The number of hydrogen-bond donors (Lipinski definition) is 1. The Morgan fingerprint density at radius 3 is 2.88 bits per heavy atom. The van der Waals surface area contributed by atoms with E-state index >= 15 is 0 Å². The van der Waals surface area contributed by atoms with E-state index in [0.29, 0.717) is 33.8 Å². The minimum Gasteiger partial charge on any atom is -0.497 e. The fraction of sp³-hybridized carbons (Fsp3) is 0.316. The van der Waals surface area contributed by atoms with Crippen LogP contribution in [0.25, 0.3) is 0 Å². The summed E-state index contributed by atoms with van der Waals surface area (Å²) in [5, 5.41) is 2.92. The lowest BCUT2D eigenvalue weighted by molar-refractivity contribution is 0.102. The molecular weight excluding hydrogens is 386 g/mol. The van der Waals surface area contributed by atoms with Crippen molar-refractivity contribution >= 4 is 27.5 Å². The van der Waals surface area contributed by atoms with E-state index in [1.165, 1.54) is 0 Å². The fourth-order valence-electron chi connectivity index (χ4n) is 2.81. The summed E-state index contributed by atoms with van der Waals surface area (Å²) in [6.45, 7) is 4.45. The Labute approximate surface area is 155 Å². The van der Waals surface area contributed by atoms with Crippen LogP contribution in [-0.2, 0) is 6.42 Å². The number of carbonyl (C=O) groups is 1. The number of benzene rings is 2. The molecule has 0 aromatic heterocycles. The highest BCUT2D eigenvalue weighted by molar-refractivity contribution is 9.10. The molecule has 0 bridgehead atoms. The number of nitrogens with one attached hydrogen (secondary N) is 1. The van der Waals surface area contributed by atoms with E-state index in [4.69, 9.17) is 14.2 Å². The molecule has 6 heteroatoms. The Hall–Kier alpha value is -2.21. The van der Waals surface area contributed by atoms with Crippen molar-refractivity contribution in [1.82, 2.24) is 0 Å². The molecule has 25 heavy (non-hydrogen) atoms. The van der Waals surface area contributed by atoms with Crippen LogP contribution in [0.1, 0.15) is 29.8 Å². The number of ether oxygens (including phenoxy) is 3. The second kappa shape index (κ2) is 7.35. The van der Waals surface area contributed by atoms with Crippen molar-refractivity contribution in [1.29, 1.82) is 0 Å². The van der Waals surface area contributed by atoms with Crippen molar-refractivity contribution in [3.05, 3.63) is 45.9 Å². The first-order chi connectivity index (χ1) is 12.0. The van der Waals surface area contributed by atoms with Crippen LogP contribution in [0.3, 0.4) is 0 Å². The van der Waals surface area contributed by atoms with Gasteiger partial charge in [0.2, 0.25) is 0 Å². The zero-order valence-electron chi connectivity index (χ0n) is 14.4. The maximum atomic E-state index is 12.7. The van der Waals surface area contributed by atoms with Gasteiger partial charge in [0.05, 0.1) is 25.0 Å². The Bertz CT molecular complexity index is 806. The SMILES string of the molecule is CCOc1cc2c(cc1NC(=O)c1cc(OC)ccc1Br)OC(C)C2. The number of anilines is 1. The van der Waals surface area contributed by atoms with Crippen LogP contribution in [0.2, 0.25) is 0 Å². The standard InChI is InChI=1S/C19H20BrNO4/c1-4-24-18-8-12-7-11(2)25-17(12)10-16(18)21-19(22)14-9-13(23-3)5-6-15(14)20/h5-6,8-11H,4,7H2,1-3H3,(H,21,22). The van der Waals surface area contributed by atoms with Gasteiger partial charge < -0.3 is 19.5 Å². The van der Waals surface area contributed by atoms with Crippen molar-refractivity contribution in [2.75, 3.05) is 19.0 Å². The molecule has 2 aromatic carbocycles. The summed E-state index contributed by atoms with van der Waals surface area (Å²) in [6, 6.07) is 9.03. The van der Waals surface area contributed by atoms with Crippen molar-refractivity contribution in [3.8, 4) is 17.2 Å². The predicted octanol–water partition coefficient (Wildman–Crippen LogP) is 4.43. The Morgan fingerprint density at radius 2 is 2.16 bits per heavy atom. The van der Waals surface area contributed by atoms with E-state index in [0.717, 1.165) is 17.7 Å². The van der Waals surface area contributed by atoms with Crippen LogP contribution in [-0.4, -0.2) is 25.7 Å². The Kier molecular flexibility index (Phi) is 5.18. The van der Waals surface area contributed by atoms with E-state index < -0.39 is 0 Å². The van der Waals surface area contributed by atoms with Crippen molar-refractivity contribution < 1.29 is 19.0 Å². The molecule has 0 saturated heterocycles. The third-order valence-corrected chi connectivity index (χ3v) is 4.66. The second-order valence-electron chi connectivity index (χ2n) is 5.82. The Morgan fingerprint density at radius 1 is 1.36 bits per heavy atom. The van der Waals surface area contributed by atoms with Gasteiger partial charge in [0.1, 0.15) is 23.4 Å². The first-order valence-electron chi connectivity index (χ1n) is 8.13. The summed E-state index contributed by atoms with van der Waals surface area (Å²) in [6.07, 6.45) is 0.966. The molecule has 1 amide bonds. The highest BCUT2D eigenvalue weighted by Crippen LogP contribution is 2.38. The number of carbonyl (C=O) groups excluding carboxylic acids is 1. The summed E-state index contributed by atoms with van der Waals surface area (Å²) in [7, 11) is 1.57. The van der Waals surface area contributed by atoms with Gasteiger partial charge in [0.25, 0.3) is 5.91 Å². The van der Waals surface area contributed by atoms with E-state index in [-0.39, 0.29) is 12.0 Å². The largest absolute Gasteiger partial charge is 0.497 e. The van der Waals surface area contributed by atoms with Crippen LogP contribution in [0.5, 0.6) is 17.2 Å². The number of fused-ring (bicyclic) bond motifs is 1. The zero-order valence-corrected chi connectivity index (χ0v) is 16.0. The number of rotatable bonds is 5. The van der Waals surface area contributed by atoms with Crippen LogP contribution < -0.4 is 19.5 Å². The van der Waals surface area contributed by atoms with E-state index in [1.54, 1.807) is 25.3 Å². The molecule has 3 rings (SSSR count). The van der Waals surface area contributed by atoms with Crippen molar-refractivity contribution in [3.63, 3.8) is 0 Å². The lowest BCUT2D eigenvalue weighted by atomic mass is 10.1.